The summed E-state index contributed by atoms with van der Waals surface area (Å²) in [5.41, 5.74) is 5.12. The average molecular weight is 474 g/mol. The molecule has 1 unspecified atom stereocenters. The molecule has 180 valence electrons. The maximum atomic E-state index is 12.7. The van der Waals surface area contributed by atoms with Crippen LogP contribution in [-0.2, 0) is 9.53 Å². The first-order valence-electron chi connectivity index (χ1n) is 11.5. The summed E-state index contributed by atoms with van der Waals surface area (Å²) in [6, 6.07) is 18.8. The molecule has 2 N–H and O–H groups in total. The van der Waals surface area contributed by atoms with Gasteiger partial charge >= 0.3 is 12.1 Å². The van der Waals surface area contributed by atoms with E-state index in [1.807, 2.05) is 24.3 Å². The second-order valence-electron chi connectivity index (χ2n) is 8.42. The maximum absolute atomic E-state index is 12.7. The molecule has 2 aromatic carbocycles. The van der Waals surface area contributed by atoms with E-state index in [-0.39, 0.29) is 30.5 Å². The number of anilines is 1. The Bertz CT molecular complexity index is 1200. The number of carbonyl (C=O) groups excluding carboxylic acids is 2. The van der Waals surface area contributed by atoms with E-state index < -0.39 is 18.1 Å². The van der Waals surface area contributed by atoms with Crippen LogP contribution >= 0.6 is 0 Å². The van der Waals surface area contributed by atoms with Crippen molar-refractivity contribution >= 4 is 23.7 Å². The van der Waals surface area contributed by atoms with Crippen molar-refractivity contribution in [1.29, 1.82) is 0 Å². The van der Waals surface area contributed by atoms with Crippen molar-refractivity contribution in [2.75, 3.05) is 18.5 Å². The molecule has 0 bridgehead atoms. The van der Waals surface area contributed by atoms with Gasteiger partial charge in [-0.2, -0.15) is 0 Å². The van der Waals surface area contributed by atoms with Gasteiger partial charge in [0.05, 0.1) is 18.3 Å². The molecule has 0 spiro atoms. The number of ether oxygens (including phenoxy) is 1. The Morgan fingerprint density at radius 3 is 2.20 bits per heavy atom. The first-order valence-corrected chi connectivity index (χ1v) is 11.5. The molecule has 1 aliphatic carbocycles. The molecule has 0 fully saturated rings. The number of amides is 2. The van der Waals surface area contributed by atoms with Crippen LogP contribution in [0.3, 0.4) is 0 Å². The Balaban J connectivity index is 1.37. The number of rotatable bonds is 8. The molecule has 4 rings (SSSR count). The number of fused-ring (bicyclic) bond motifs is 3. The van der Waals surface area contributed by atoms with Crippen LogP contribution in [0, 0.1) is 0 Å². The van der Waals surface area contributed by atoms with Crippen LogP contribution in [0.25, 0.3) is 11.1 Å². The summed E-state index contributed by atoms with van der Waals surface area (Å²) in [4.78, 5) is 41.8. The molecule has 0 saturated carbocycles. The first-order chi connectivity index (χ1) is 16.9. The van der Waals surface area contributed by atoms with E-state index in [0.29, 0.717) is 12.2 Å². The van der Waals surface area contributed by atoms with E-state index >= 15 is 0 Å². The van der Waals surface area contributed by atoms with Crippen molar-refractivity contribution in [3.63, 3.8) is 0 Å². The number of nitrogens with zero attached hydrogens (tertiary/aromatic N) is 2. The van der Waals surface area contributed by atoms with Gasteiger partial charge in [0.2, 0.25) is 0 Å². The smallest absolute Gasteiger partial charge is 0.411 e. The minimum Gasteiger partial charge on any atom is -0.481 e. The molecule has 1 aliphatic rings. The highest BCUT2D eigenvalue weighted by Crippen LogP contribution is 2.44. The van der Waals surface area contributed by atoms with Crippen LogP contribution in [0.1, 0.15) is 47.8 Å². The van der Waals surface area contributed by atoms with Crippen LogP contribution in [-0.4, -0.2) is 52.2 Å². The zero-order valence-electron chi connectivity index (χ0n) is 19.6. The summed E-state index contributed by atoms with van der Waals surface area (Å²) in [6.45, 7) is 4.01. The lowest BCUT2D eigenvalue weighted by atomic mass is 9.98. The fourth-order valence-corrected chi connectivity index (χ4v) is 4.51. The lowest BCUT2D eigenvalue weighted by Crippen LogP contribution is -2.40. The van der Waals surface area contributed by atoms with Crippen molar-refractivity contribution in [1.82, 2.24) is 9.88 Å². The normalized spacial score (nSPS) is 12.9. The van der Waals surface area contributed by atoms with Gasteiger partial charge in [-0.3, -0.25) is 14.9 Å². The molecule has 1 heterocycles. The number of carbonyl (C=O) groups is 3. The summed E-state index contributed by atoms with van der Waals surface area (Å²) in [6.07, 6.45) is 0.615. The van der Waals surface area contributed by atoms with Crippen molar-refractivity contribution in [3.8, 4) is 11.1 Å². The molecule has 0 aliphatic heterocycles. The lowest BCUT2D eigenvalue weighted by Gasteiger charge is -2.26. The second-order valence-corrected chi connectivity index (χ2v) is 8.42. The molecule has 3 aromatic rings. The van der Waals surface area contributed by atoms with Crippen molar-refractivity contribution < 1.29 is 24.2 Å². The second kappa shape index (κ2) is 10.4. The van der Waals surface area contributed by atoms with Gasteiger partial charge in [-0.05, 0) is 48.2 Å². The Labute approximate surface area is 203 Å². The fourth-order valence-electron chi connectivity index (χ4n) is 4.51. The third-order valence-electron chi connectivity index (χ3n) is 6.18. The predicted octanol–water partition coefficient (Wildman–Crippen LogP) is 4.77. The van der Waals surface area contributed by atoms with Gasteiger partial charge in [0.1, 0.15) is 12.3 Å². The molecule has 1 atom stereocenters. The van der Waals surface area contributed by atoms with Crippen LogP contribution < -0.4 is 5.32 Å². The maximum Gasteiger partial charge on any atom is 0.411 e. The third kappa shape index (κ3) is 5.16. The molecular formula is C27H27N3O5. The van der Waals surface area contributed by atoms with Crippen molar-refractivity contribution in [2.45, 2.75) is 32.2 Å². The van der Waals surface area contributed by atoms with Crippen LogP contribution in [0.4, 0.5) is 10.5 Å². The topological polar surface area (TPSA) is 109 Å². The number of carboxylic acid groups (broad SMARTS) is 1. The third-order valence-corrected chi connectivity index (χ3v) is 6.18. The van der Waals surface area contributed by atoms with Gasteiger partial charge in [-0.1, -0.05) is 48.5 Å². The highest BCUT2D eigenvalue weighted by molar-refractivity contribution is 5.93. The highest BCUT2D eigenvalue weighted by atomic mass is 16.5. The quantitative estimate of drug-likeness (QED) is 0.488. The summed E-state index contributed by atoms with van der Waals surface area (Å²) in [5.74, 6) is -1.38. The Morgan fingerprint density at radius 2 is 1.66 bits per heavy atom. The number of benzene rings is 2. The van der Waals surface area contributed by atoms with E-state index in [9.17, 15) is 14.4 Å². The summed E-state index contributed by atoms with van der Waals surface area (Å²) >= 11 is 0. The van der Waals surface area contributed by atoms with Crippen molar-refractivity contribution in [3.05, 3.63) is 83.7 Å². The molecule has 2 amide bonds. The number of nitrogens with one attached hydrogen (secondary N) is 1. The van der Waals surface area contributed by atoms with E-state index in [1.54, 1.807) is 19.9 Å². The number of hydrogen-bond acceptors (Lipinski definition) is 5. The molecule has 0 saturated heterocycles. The molecule has 8 nitrogen and oxygen atoms in total. The van der Waals surface area contributed by atoms with E-state index in [2.05, 4.69) is 34.6 Å². The van der Waals surface area contributed by atoms with Crippen LogP contribution in [0.5, 0.6) is 0 Å². The highest BCUT2D eigenvalue weighted by Gasteiger charge is 2.29. The van der Waals surface area contributed by atoms with Crippen molar-refractivity contribution in [2.24, 2.45) is 0 Å². The van der Waals surface area contributed by atoms with Gasteiger partial charge in [0, 0.05) is 18.5 Å². The summed E-state index contributed by atoms with van der Waals surface area (Å²) in [5, 5.41) is 11.7. The van der Waals surface area contributed by atoms with E-state index in [4.69, 9.17) is 9.84 Å². The first kappa shape index (κ1) is 23.9. The Hall–Kier alpha value is -4.20. The fraction of sp³-hybridized carbons (Fsp3) is 0.259. The Kier molecular flexibility index (Phi) is 7.10. The molecule has 0 radical (unpaired) electrons. The minimum absolute atomic E-state index is 0.0425. The SMILES string of the molecule is CCN(C(=O)c1ccc(NC(=O)OCC2c3ccccc3-c3ccccc32)cn1)C(C)CC(=O)O. The van der Waals surface area contributed by atoms with Gasteiger partial charge in [0.25, 0.3) is 5.91 Å². The summed E-state index contributed by atoms with van der Waals surface area (Å²) in [7, 11) is 0. The molecule has 1 aromatic heterocycles. The number of hydrogen-bond donors (Lipinski definition) is 2. The van der Waals surface area contributed by atoms with Gasteiger partial charge < -0.3 is 14.7 Å². The number of aromatic nitrogens is 1. The minimum atomic E-state index is -0.973. The lowest BCUT2D eigenvalue weighted by molar-refractivity contribution is -0.138. The number of aliphatic carboxylic acids is 1. The average Bonchev–Trinajstić information content (AvgIpc) is 3.17. The number of pyridine rings is 1. The Morgan fingerprint density at radius 1 is 1.03 bits per heavy atom. The van der Waals surface area contributed by atoms with Gasteiger partial charge in [0.15, 0.2) is 0 Å². The number of carboxylic acids is 1. The van der Waals surface area contributed by atoms with E-state index in [0.717, 1.165) is 22.3 Å². The predicted molar refractivity (Wildman–Crippen MR) is 131 cm³/mol. The van der Waals surface area contributed by atoms with Crippen LogP contribution in [0.2, 0.25) is 0 Å². The molecule has 35 heavy (non-hydrogen) atoms. The zero-order chi connectivity index (χ0) is 24.9. The largest absolute Gasteiger partial charge is 0.481 e. The summed E-state index contributed by atoms with van der Waals surface area (Å²) < 4.78 is 5.54. The standard InChI is InChI=1S/C27H27N3O5/c1-3-30(17(2)14-25(31)32)26(33)24-13-12-18(15-28-24)29-27(34)35-16-23-21-10-6-4-8-19(21)20-9-5-7-11-22(20)23/h4-13,15,17,23H,3,14,16H2,1-2H3,(H,29,34)(H,31,32). The molecule has 8 heteroatoms. The zero-order valence-corrected chi connectivity index (χ0v) is 19.6. The van der Waals surface area contributed by atoms with Gasteiger partial charge in [-0.15, -0.1) is 0 Å². The van der Waals surface area contributed by atoms with Crippen LogP contribution in [0.15, 0.2) is 66.9 Å². The van der Waals surface area contributed by atoms with E-state index in [1.165, 1.54) is 17.2 Å². The monoisotopic (exact) mass is 473 g/mol. The molecular weight excluding hydrogens is 446 g/mol. The van der Waals surface area contributed by atoms with Gasteiger partial charge in [-0.25, -0.2) is 9.78 Å².